The van der Waals surface area contributed by atoms with Gasteiger partial charge in [0.15, 0.2) is 0 Å². The van der Waals surface area contributed by atoms with Crippen LogP contribution in [0.5, 0.6) is 0 Å². The van der Waals surface area contributed by atoms with Crippen molar-refractivity contribution in [3.05, 3.63) is 6.33 Å². The fraction of sp³-hybridized carbons (Fsp3) is 0.667. The van der Waals surface area contributed by atoms with Crippen molar-refractivity contribution >= 4 is 11.9 Å². The highest BCUT2D eigenvalue weighted by atomic mass is 16.2. The Morgan fingerprint density at radius 1 is 1.73 bits per heavy atom. The first-order chi connectivity index (χ1) is 7.15. The summed E-state index contributed by atoms with van der Waals surface area (Å²) in [5.41, 5.74) is 5.36. The van der Waals surface area contributed by atoms with Gasteiger partial charge in [-0.05, 0) is 13.3 Å². The van der Waals surface area contributed by atoms with Gasteiger partial charge in [-0.1, -0.05) is 13.3 Å². The molecule has 1 atom stereocenters. The van der Waals surface area contributed by atoms with E-state index in [4.69, 9.17) is 5.73 Å². The molecule has 6 heteroatoms. The Kier molecular flexibility index (Phi) is 4.08. The van der Waals surface area contributed by atoms with Gasteiger partial charge in [0.2, 0.25) is 11.9 Å². The monoisotopic (exact) mass is 211 g/mol. The van der Waals surface area contributed by atoms with Crippen LogP contribution in [0.3, 0.4) is 0 Å². The summed E-state index contributed by atoms with van der Waals surface area (Å²) in [7, 11) is 0. The zero-order chi connectivity index (χ0) is 11.3. The zero-order valence-electron chi connectivity index (χ0n) is 9.10. The highest BCUT2D eigenvalue weighted by molar-refractivity contribution is 5.79. The van der Waals surface area contributed by atoms with E-state index < -0.39 is 0 Å². The number of hydrogen-bond donors (Lipinski definition) is 2. The summed E-state index contributed by atoms with van der Waals surface area (Å²) in [6, 6.07) is -0.369. The van der Waals surface area contributed by atoms with Crippen molar-refractivity contribution in [2.75, 3.05) is 12.3 Å². The lowest BCUT2D eigenvalue weighted by Gasteiger charge is -2.11. The van der Waals surface area contributed by atoms with Crippen molar-refractivity contribution in [2.24, 2.45) is 0 Å². The van der Waals surface area contributed by atoms with E-state index >= 15 is 0 Å². The minimum absolute atomic E-state index is 0.0617. The van der Waals surface area contributed by atoms with Gasteiger partial charge in [-0.3, -0.25) is 4.79 Å². The van der Waals surface area contributed by atoms with Crippen molar-refractivity contribution in [3.8, 4) is 0 Å². The summed E-state index contributed by atoms with van der Waals surface area (Å²) in [4.78, 5) is 15.4. The first kappa shape index (κ1) is 11.5. The number of aromatic nitrogens is 3. The smallest absolute Gasteiger partial charge is 0.244 e. The van der Waals surface area contributed by atoms with Gasteiger partial charge in [0.25, 0.3) is 0 Å². The molecule has 6 nitrogen and oxygen atoms in total. The van der Waals surface area contributed by atoms with E-state index in [1.165, 1.54) is 11.0 Å². The van der Waals surface area contributed by atoms with Crippen LogP contribution in [0.25, 0.3) is 0 Å². The molecule has 0 fully saturated rings. The van der Waals surface area contributed by atoms with Crippen LogP contribution in [0.15, 0.2) is 6.33 Å². The third-order valence-electron chi connectivity index (χ3n) is 2.13. The Bertz CT molecular complexity index is 322. The van der Waals surface area contributed by atoms with E-state index in [9.17, 15) is 4.79 Å². The van der Waals surface area contributed by atoms with Crippen molar-refractivity contribution in [1.29, 1.82) is 0 Å². The maximum atomic E-state index is 11.6. The third kappa shape index (κ3) is 3.23. The zero-order valence-corrected chi connectivity index (χ0v) is 9.10. The summed E-state index contributed by atoms with van der Waals surface area (Å²) in [6.45, 7) is 4.53. The van der Waals surface area contributed by atoms with Gasteiger partial charge in [-0.2, -0.15) is 0 Å². The van der Waals surface area contributed by atoms with Gasteiger partial charge < -0.3 is 11.1 Å². The maximum Gasteiger partial charge on any atom is 0.244 e. The second kappa shape index (κ2) is 5.33. The number of anilines is 1. The highest BCUT2D eigenvalue weighted by Crippen LogP contribution is 2.03. The van der Waals surface area contributed by atoms with Crippen LogP contribution >= 0.6 is 0 Å². The van der Waals surface area contributed by atoms with Crippen LogP contribution in [-0.4, -0.2) is 27.2 Å². The van der Waals surface area contributed by atoms with Crippen molar-refractivity contribution in [2.45, 2.75) is 32.7 Å². The third-order valence-corrected chi connectivity index (χ3v) is 2.13. The van der Waals surface area contributed by atoms with E-state index in [1.54, 1.807) is 6.92 Å². The number of unbranched alkanes of at least 4 members (excludes halogenated alkanes) is 1. The number of nitrogens with zero attached hydrogens (tertiary/aromatic N) is 3. The van der Waals surface area contributed by atoms with Crippen LogP contribution in [0.4, 0.5) is 5.95 Å². The molecule has 0 spiro atoms. The Balaban J connectivity index is 2.46. The number of nitrogens with two attached hydrogens (primary N) is 1. The molecule has 1 rings (SSSR count). The van der Waals surface area contributed by atoms with Gasteiger partial charge >= 0.3 is 0 Å². The molecule has 0 aliphatic rings. The largest absolute Gasteiger partial charge is 0.367 e. The molecular formula is C9H17N5O. The summed E-state index contributed by atoms with van der Waals surface area (Å²) in [5, 5.41) is 6.71. The molecule has 0 aliphatic heterocycles. The highest BCUT2D eigenvalue weighted by Gasteiger charge is 2.15. The van der Waals surface area contributed by atoms with Crippen molar-refractivity contribution < 1.29 is 4.79 Å². The summed E-state index contributed by atoms with van der Waals surface area (Å²) in [5.74, 6) is 0.122. The molecule has 84 valence electrons. The van der Waals surface area contributed by atoms with Crippen molar-refractivity contribution in [3.63, 3.8) is 0 Å². The second-order valence-electron chi connectivity index (χ2n) is 3.40. The molecule has 0 saturated heterocycles. The van der Waals surface area contributed by atoms with Crippen LogP contribution < -0.4 is 11.1 Å². The number of nitrogen functional groups attached to an aromatic ring is 1. The Hall–Kier alpha value is -1.59. The number of rotatable bonds is 5. The lowest BCUT2D eigenvalue weighted by atomic mass is 10.3. The van der Waals surface area contributed by atoms with E-state index in [-0.39, 0.29) is 17.9 Å². The van der Waals surface area contributed by atoms with E-state index in [1.807, 2.05) is 0 Å². The lowest BCUT2D eigenvalue weighted by molar-refractivity contribution is -0.124. The van der Waals surface area contributed by atoms with Gasteiger partial charge in [-0.15, -0.1) is 5.10 Å². The molecule has 1 amide bonds. The number of amides is 1. The molecule has 3 N–H and O–H groups in total. The SMILES string of the molecule is CCCCNC(=O)C(C)n1cnc(N)n1. The maximum absolute atomic E-state index is 11.6. The molecular weight excluding hydrogens is 194 g/mol. The number of carbonyl (C=O) groups excluding carboxylic acids is 1. The summed E-state index contributed by atoms with van der Waals surface area (Å²) < 4.78 is 1.45. The Labute approximate surface area is 88.9 Å². The fourth-order valence-electron chi connectivity index (χ4n) is 1.13. The molecule has 0 aromatic carbocycles. The van der Waals surface area contributed by atoms with Gasteiger partial charge in [0.1, 0.15) is 12.4 Å². The van der Waals surface area contributed by atoms with Crippen LogP contribution in [0, 0.1) is 0 Å². The molecule has 0 bridgehead atoms. The first-order valence-electron chi connectivity index (χ1n) is 5.09. The summed E-state index contributed by atoms with van der Waals surface area (Å²) >= 11 is 0. The van der Waals surface area contributed by atoms with Gasteiger partial charge in [0, 0.05) is 6.54 Å². The molecule has 0 aliphatic carbocycles. The quantitative estimate of drug-likeness (QED) is 0.687. The molecule has 1 unspecified atom stereocenters. The predicted octanol–water partition coefficient (Wildman–Crippen LogP) is 0.338. The molecule has 1 aromatic rings. The van der Waals surface area contributed by atoms with E-state index in [0.29, 0.717) is 6.54 Å². The van der Waals surface area contributed by atoms with Crippen LogP contribution in [-0.2, 0) is 4.79 Å². The first-order valence-corrected chi connectivity index (χ1v) is 5.09. The van der Waals surface area contributed by atoms with Gasteiger partial charge in [-0.25, -0.2) is 9.67 Å². The van der Waals surface area contributed by atoms with E-state index in [2.05, 4.69) is 22.3 Å². The van der Waals surface area contributed by atoms with E-state index in [0.717, 1.165) is 12.8 Å². The lowest BCUT2D eigenvalue weighted by Crippen LogP contribution is -2.31. The van der Waals surface area contributed by atoms with Crippen LogP contribution in [0.2, 0.25) is 0 Å². The molecule has 0 radical (unpaired) electrons. The van der Waals surface area contributed by atoms with Crippen molar-refractivity contribution in [1.82, 2.24) is 20.1 Å². The minimum atomic E-state index is -0.369. The molecule has 15 heavy (non-hydrogen) atoms. The van der Waals surface area contributed by atoms with Gasteiger partial charge in [0.05, 0.1) is 0 Å². The Morgan fingerprint density at radius 2 is 2.47 bits per heavy atom. The standard InChI is InChI=1S/C9H17N5O/c1-3-4-5-11-8(15)7(2)14-6-12-9(10)13-14/h6-7H,3-5H2,1-2H3,(H2,10,13)(H,11,15). The average Bonchev–Trinajstić information content (AvgIpc) is 2.64. The van der Waals surface area contributed by atoms with Crippen LogP contribution in [0.1, 0.15) is 32.7 Å². The topological polar surface area (TPSA) is 85.8 Å². The molecule has 1 aromatic heterocycles. The minimum Gasteiger partial charge on any atom is -0.367 e. The summed E-state index contributed by atoms with van der Waals surface area (Å²) in [6.07, 6.45) is 3.50. The number of hydrogen-bond acceptors (Lipinski definition) is 4. The fourth-order valence-corrected chi connectivity index (χ4v) is 1.13. The number of carbonyl (C=O) groups is 1. The Morgan fingerprint density at radius 3 is 3.00 bits per heavy atom. The number of nitrogens with one attached hydrogen (secondary N) is 1. The average molecular weight is 211 g/mol. The molecule has 0 saturated carbocycles. The normalized spacial score (nSPS) is 12.4. The second-order valence-corrected chi connectivity index (χ2v) is 3.40. The predicted molar refractivity (Wildman–Crippen MR) is 57.1 cm³/mol. The molecule has 1 heterocycles.